The molecule has 1 aliphatic heterocycles. The molecule has 1 fully saturated rings. The lowest BCUT2D eigenvalue weighted by molar-refractivity contribution is -0.123. The number of halogens is 1. The summed E-state index contributed by atoms with van der Waals surface area (Å²) in [5.41, 5.74) is 2.25. The van der Waals surface area contributed by atoms with E-state index in [4.69, 9.17) is 11.6 Å². The minimum absolute atomic E-state index is 0.0457. The van der Waals surface area contributed by atoms with E-state index in [9.17, 15) is 4.79 Å². The zero-order valence-corrected chi connectivity index (χ0v) is 17.1. The van der Waals surface area contributed by atoms with Crippen LogP contribution < -0.4 is 5.32 Å². The summed E-state index contributed by atoms with van der Waals surface area (Å²) in [5.74, 6) is 0.0601. The molecule has 0 bridgehead atoms. The van der Waals surface area contributed by atoms with Crippen molar-refractivity contribution in [2.45, 2.75) is 13.0 Å². The largest absolute Gasteiger partial charge is 0.348 e. The highest BCUT2D eigenvalue weighted by Crippen LogP contribution is 2.17. The van der Waals surface area contributed by atoms with Gasteiger partial charge in [0.15, 0.2) is 0 Å². The van der Waals surface area contributed by atoms with Crippen molar-refractivity contribution >= 4 is 23.6 Å². The molecular formula is C23H28ClN3O. The predicted octanol–water partition coefficient (Wildman–Crippen LogP) is 3.85. The number of carbonyl (C=O) groups excluding carboxylic acids is 1. The SMILES string of the molecule is CC(NC(=O)CN1CCN(C/C=C/c2ccccc2)CC1)c1cccc(Cl)c1. The summed E-state index contributed by atoms with van der Waals surface area (Å²) in [5, 5.41) is 3.76. The van der Waals surface area contributed by atoms with Crippen LogP contribution in [0.3, 0.4) is 0 Å². The van der Waals surface area contributed by atoms with Gasteiger partial charge in [-0.1, -0.05) is 66.2 Å². The standard InChI is InChI=1S/C23H28ClN3O/c1-19(21-10-5-11-22(24)17-21)25-23(28)18-27-15-13-26(14-16-27)12-6-9-20-7-3-2-4-8-20/h2-11,17,19H,12-16,18H2,1H3,(H,25,28)/b9-6+. The Labute approximate surface area is 172 Å². The molecule has 28 heavy (non-hydrogen) atoms. The Hall–Kier alpha value is -2.14. The molecule has 0 saturated carbocycles. The maximum atomic E-state index is 12.4. The lowest BCUT2D eigenvalue weighted by Crippen LogP contribution is -2.49. The number of hydrogen-bond acceptors (Lipinski definition) is 3. The van der Waals surface area contributed by atoms with Crippen LogP contribution in [0.4, 0.5) is 0 Å². The van der Waals surface area contributed by atoms with Crippen LogP contribution in [0.15, 0.2) is 60.7 Å². The molecule has 2 aromatic rings. The molecule has 5 heteroatoms. The van der Waals surface area contributed by atoms with E-state index in [1.54, 1.807) is 0 Å². The van der Waals surface area contributed by atoms with Crippen molar-refractivity contribution in [1.29, 1.82) is 0 Å². The second-order valence-corrected chi connectivity index (χ2v) is 7.67. The van der Waals surface area contributed by atoms with Gasteiger partial charge in [-0.15, -0.1) is 0 Å². The molecule has 1 heterocycles. The third-order valence-corrected chi connectivity index (χ3v) is 5.27. The van der Waals surface area contributed by atoms with Gasteiger partial charge >= 0.3 is 0 Å². The molecule has 1 amide bonds. The zero-order chi connectivity index (χ0) is 19.8. The van der Waals surface area contributed by atoms with E-state index in [-0.39, 0.29) is 11.9 Å². The number of piperazine rings is 1. The van der Waals surface area contributed by atoms with Crippen LogP contribution in [0.1, 0.15) is 24.1 Å². The first-order valence-corrected chi connectivity index (χ1v) is 10.2. The molecule has 0 radical (unpaired) electrons. The number of carbonyl (C=O) groups is 1. The molecule has 0 aliphatic carbocycles. The number of nitrogens with zero attached hydrogens (tertiary/aromatic N) is 2. The maximum Gasteiger partial charge on any atom is 0.234 e. The van der Waals surface area contributed by atoms with Crippen molar-refractivity contribution in [3.8, 4) is 0 Å². The van der Waals surface area contributed by atoms with Gasteiger partial charge in [0.05, 0.1) is 12.6 Å². The predicted molar refractivity (Wildman–Crippen MR) is 116 cm³/mol. The van der Waals surface area contributed by atoms with Gasteiger partial charge < -0.3 is 5.32 Å². The Morgan fingerprint density at radius 3 is 2.50 bits per heavy atom. The molecule has 4 nitrogen and oxygen atoms in total. The molecule has 0 aromatic heterocycles. The van der Waals surface area contributed by atoms with E-state index in [0.717, 1.165) is 38.3 Å². The average molecular weight is 398 g/mol. The van der Waals surface area contributed by atoms with Crippen molar-refractivity contribution in [3.63, 3.8) is 0 Å². The van der Waals surface area contributed by atoms with Gasteiger partial charge in [-0.2, -0.15) is 0 Å². The number of nitrogens with one attached hydrogen (secondary N) is 1. The molecule has 1 atom stereocenters. The van der Waals surface area contributed by atoms with Crippen LogP contribution in [-0.2, 0) is 4.79 Å². The number of amides is 1. The highest BCUT2D eigenvalue weighted by Gasteiger charge is 2.19. The smallest absolute Gasteiger partial charge is 0.234 e. The van der Waals surface area contributed by atoms with E-state index in [1.807, 2.05) is 37.3 Å². The van der Waals surface area contributed by atoms with Gasteiger partial charge in [0.2, 0.25) is 5.91 Å². The summed E-state index contributed by atoms with van der Waals surface area (Å²) >= 11 is 6.04. The van der Waals surface area contributed by atoms with E-state index >= 15 is 0 Å². The minimum atomic E-state index is -0.0457. The van der Waals surface area contributed by atoms with Crippen molar-refractivity contribution in [2.75, 3.05) is 39.3 Å². The molecule has 1 saturated heterocycles. The second kappa shape index (κ2) is 10.4. The van der Waals surface area contributed by atoms with Gasteiger partial charge in [0.1, 0.15) is 0 Å². The van der Waals surface area contributed by atoms with Crippen LogP contribution in [0.25, 0.3) is 6.08 Å². The first kappa shape index (κ1) is 20.6. The molecule has 0 spiro atoms. The van der Waals surface area contributed by atoms with Gasteiger partial charge in [-0.25, -0.2) is 0 Å². The maximum absolute atomic E-state index is 12.4. The molecule has 1 aliphatic rings. The normalized spacial score (nSPS) is 16.9. The summed E-state index contributed by atoms with van der Waals surface area (Å²) in [6.07, 6.45) is 4.38. The van der Waals surface area contributed by atoms with Crippen molar-refractivity contribution in [3.05, 3.63) is 76.8 Å². The molecule has 148 valence electrons. The highest BCUT2D eigenvalue weighted by atomic mass is 35.5. The van der Waals surface area contributed by atoms with E-state index in [1.165, 1.54) is 5.56 Å². The summed E-state index contributed by atoms with van der Waals surface area (Å²) in [7, 11) is 0. The fourth-order valence-corrected chi connectivity index (χ4v) is 3.58. The molecule has 1 unspecified atom stereocenters. The van der Waals surface area contributed by atoms with Crippen LogP contribution in [0.2, 0.25) is 5.02 Å². The van der Waals surface area contributed by atoms with Gasteiger partial charge in [0.25, 0.3) is 0 Å². The van der Waals surface area contributed by atoms with E-state index < -0.39 is 0 Å². The molecule has 3 rings (SSSR count). The van der Waals surface area contributed by atoms with Gasteiger partial charge in [-0.3, -0.25) is 14.6 Å². The highest BCUT2D eigenvalue weighted by molar-refractivity contribution is 6.30. The fourth-order valence-electron chi connectivity index (χ4n) is 3.38. The van der Waals surface area contributed by atoms with Crippen LogP contribution in [0, 0.1) is 0 Å². The number of hydrogen-bond donors (Lipinski definition) is 1. The van der Waals surface area contributed by atoms with Crippen molar-refractivity contribution < 1.29 is 4.79 Å². The van der Waals surface area contributed by atoms with Crippen LogP contribution >= 0.6 is 11.6 Å². The number of rotatable bonds is 7. The Bertz CT molecular complexity index is 785. The molecule has 2 aromatic carbocycles. The van der Waals surface area contributed by atoms with Crippen molar-refractivity contribution in [2.24, 2.45) is 0 Å². The van der Waals surface area contributed by atoms with E-state index in [2.05, 4.69) is 51.5 Å². The number of benzene rings is 2. The minimum Gasteiger partial charge on any atom is -0.348 e. The zero-order valence-electron chi connectivity index (χ0n) is 16.4. The van der Waals surface area contributed by atoms with Crippen LogP contribution in [-0.4, -0.2) is 55.0 Å². The summed E-state index contributed by atoms with van der Waals surface area (Å²) in [6, 6.07) is 17.9. The summed E-state index contributed by atoms with van der Waals surface area (Å²) in [4.78, 5) is 17.0. The monoisotopic (exact) mass is 397 g/mol. The lowest BCUT2D eigenvalue weighted by Gasteiger charge is -2.33. The summed E-state index contributed by atoms with van der Waals surface area (Å²) in [6.45, 7) is 7.17. The Kier molecular flexibility index (Phi) is 7.66. The Morgan fingerprint density at radius 2 is 1.79 bits per heavy atom. The fraction of sp³-hybridized carbons (Fsp3) is 0.348. The topological polar surface area (TPSA) is 35.6 Å². The summed E-state index contributed by atoms with van der Waals surface area (Å²) < 4.78 is 0. The lowest BCUT2D eigenvalue weighted by atomic mass is 10.1. The Balaban J connectivity index is 1.38. The third-order valence-electron chi connectivity index (χ3n) is 5.03. The first-order chi connectivity index (χ1) is 13.6. The van der Waals surface area contributed by atoms with E-state index in [0.29, 0.717) is 11.6 Å². The molecular weight excluding hydrogens is 370 g/mol. The van der Waals surface area contributed by atoms with Crippen LogP contribution in [0.5, 0.6) is 0 Å². The first-order valence-electron chi connectivity index (χ1n) is 9.81. The van der Waals surface area contributed by atoms with Gasteiger partial charge in [0, 0.05) is 37.7 Å². The Morgan fingerprint density at radius 1 is 1.07 bits per heavy atom. The quantitative estimate of drug-likeness (QED) is 0.770. The van der Waals surface area contributed by atoms with Gasteiger partial charge in [-0.05, 0) is 30.2 Å². The average Bonchev–Trinajstić information content (AvgIpc) is 2.70. The second-order valence-electron chi connectivity index (χ2n) is 7.23. The third kappa shape index (κ3) is 6.48. The van der Waals surface area contributed by atoms with Crippen molar-refractivity contribution in [1.82, 2.24) is 15.1 Å². The molecule has 1 N–H and O–H groups in total.